The minimum absolute atomic E-state index is 0.0521. The van der Waals surface area contributed by atoms with E-state index in [0.717, 1.165) is 83.5 Å². The predicted octanol–water partition coefficient (Wildman–Crippen LogP) is 9.32. The molecule has 1 saturated carbocycles. The number of quaternary nitrogens is 1. The normalized spacial score (nSPS) is 20.7. The number of aliphatic hydroxyl groups is 3. The zero-order chi connectivity index (χ0) is 46.6. The number of likely N-dealkylation sites (N-methyl/N-ethyl adjacent to an activating group) is 1. The van der Waals surface area contributed by atoms with Crippen LogP contribution in [0, 0.1) is 11.8 Å². The monoisotopic (exact) mass is 906 g/mol. The van der Waals surface area contributed by atoms with Crippen molar-refractivity contribution in [2.24, 2.45) is 11.8 Å². The minimum Gasteiger partial charge on any atom is -0.756 e. The molecule has 12 nitrogen and oxygen atoms in total. The summed E-state index contributed by atoms with van der Waals surface area (Å²) >= 11 is 0. The highest BCUT2D eigenvalue weighted by Crippen LogP contribution is 2.39. The molecule has 1 unspecified atom stereocenters. The Morgan fingerprint density at radius 3 is 1.90 bits per heavy atom. The minimum atomic E-state index is -4.71. The summed E-state index contributed by atoms with van der Waals surface area (Å²) in [5.74, 6) is -1.38. The van der Waals surface area contributed by atoms with Crippen molar-refractivity contribution >= 4 is 19.8 Å². The summed E-state index contributed by atoms with van der Waals surface area (Å²) in [5, 5.41) is 31.4. The number of phosphoric ester groups is 1. The Morgan fingerprint density at radius 1 is 0.730 bits per heavy atom. The molecule has 0 aromatic carbocycles. The van der Waals surface area contributed by atoms with Crippen LogP contribution in [-0.4, -0.2) is 104 Å². The molecule has 0 spiro atoms. The topological polar surface area (TPSA) is 172 Å². The van der Waals surface area contributed by atoms with Gasteiger partial charge in [-0.05, 0) is 70.1 Å². The van der Waals surface area contributed by atoms with Gasteiger partial charge in [0.1, 0.15) is 19.8 Å². The van der Waals surface area contributed by atoms with Crippen molar-refractivity contribution in [3.05, 3.63) is 85.1 Å². The quantitative estimate of drug-likeness (QED) is 0.0178. The second kappa shape index (κ2) is 36.3. The first-order valence-electron chi connectivity index (χ1n) is 23.6. The van der Waals surface area contributed by atoms with E-state index in [2.05, 4.69) is 74.6 Å². The van der Waals surface area contributed by atoms with Gasteiger partial charge in [0.2, 0.25) is 0 Å². The van der Waals surface area contributed by atoms with Crippen molar-refractivity contribution in [3.8, 4) is 0 Å². The SMILES string of the molecule is CC/C=C\C/C=C\C/C=C\C/C=C\C/C=C\C/C=C\CCC(=O)O[C@H](COC(=O)CCCCCC[C@@H]1[C@@H](/C=C/[C@@H](O)CCCCC)[C@H](O)C[C@@H]1O)COP(=O)([O-])OCC[N+](C)(C)C. The van der Waals surface area contributed by atoms with E-state index in [1.807, 2.05) is 39.4 Å². The number of nitrogens with zero attached hydrogens (tertiary/aromatic N) is 1. The number of carbonyl (C=O) groups excluding carboxylic acids is 2. The summed E-state index contributed by atoms with van der Waals surface area (Å²) < 4.78 is 33.8. The van der Waals surface area contributed by atoms with Gasteiger partial charge in [0.25, 0.3) is 7.82 Å². The molecule has 13 heteroatoms. The fourth-order valence-corrected chi connectivity index (χ4v) is 7.56. The fraction of sp³-hybridized carbons (Fsp3) is 0.680. The fourth-order valence-electron chi connectivity index (χ4n) is 6.83. The molecule has 1 aliphatic rings. The predicted molar refractivity (Wildman–Crippen MR) is 251 cm³/mol. The van der Waals surface area contributed by atoms with Gasteiger partial charge in [-0.15, -0.1) is 0 Å². The maximum absolute atomic E-state index is 12.7. The molecule has 0 radical (unpaired) electrons. The maximum atomic E-state index is 12.7. The van der Waals surface area contributed by atoms with Crippen LogP contribution < -0.4 is 4.89 Å². The summed E-state index contributed by atoms with van der Waals surface area (Å²) in [6, 6.07) is 0. The molecule has 1 rings (SSSR count). The van der Waals surface area contributed by atoms with Crippen LogP contribution in [0.2, 0.25) is 0 Å². The van der Waals surface area contributed by atoms with E-state index in [9.17, 15) is 34.4 Å². The van der Waals surface area contributed by atoms with Crippen LogP contribution in [0.3, 0.4) is 0 Å². The highest BCUT2D eigenvalue weighted by atomic mass is 31.2. The van der Waals surface area contributed by atoms with Gasteiger partial charge in [0, 0.05) is 25.2 Å². The average molecular weight is 906 g/mol. The molecule has 0 aromatic heterocycles. The lowest BCUT2D eigenvalue weighted by molar-refractivity contribution is -0.870. The van der Waals surface area contributed by atoms with Crippen molar-refractivity contribution in [1.29, 1.82) is 0 Å². The van der Waals surface area contributed by atoms with Gasteiger partial charge in [0.15, 0.2) is 6.10 Å². The molecule has 7 atom stereocenters. The third kappa shape index (κ3) is 33.2. The molecule has 0 amide bonds. The van der Waals surface area contributed by atoms with Crippen LogP contribution in [0.5, 0.6) is 0 Å². The second-order valence-electron chi connectivity index (χ2n) is 17.4. The molecular weight excluding hydrogens is 822 g/mol. The van der Waals surface area contributed by atoms with Gasteiger partial charge < -0.3 is 43.2 Å². The van der Waals surface area contributed by atoms with Crippen molar-refractivity contribution in [3.63, 3.8) is 0 Å². The van der Waals surface area contributed by atoms with Crippen LogP contribution in [0.15, 0.2) is 85.1 Å². The molecule has 0 heterocycles. The first-order chi connectivity index (χ1) is 30.2. The smallest absolute Gasteiger partial charge is 0.306 e. The molecule has 1 aliphatic carbocycles. The van der Waals surface area contributed by atoms with Crippen LogP contribution >= 0.6 is 7.82 Å². The Hall–Kier alpha value is -2.93. The van der Waals surface area contributed by atoms with Crippen LogP contribution in [0.1, 0.15) is 136 Å². The number of ether oxygens (including phenoxy) is 2. The van der Waals surface area contributed by atoms with Crippen LogP contribution in [0.25, 0.3) is 0 Å². The average Bonchev–Trinajstić information content (AvgIpc) is 3.50. The molecule has 0 aromatic rings. The number of esters is 2. The number of hydrogen-bond acceptors (Lipinski definition) is 11. The second-order valence-corrected chi connectivity index (χ2v) is 18.8. The molecule has 0 saturated heterocycles. The highest BCUT2D eigenvalue weighted by molar-refractivity contribution is 7.45. The Labute approximate surface area is 380 Å². The van der Waals surface area contributed by atoms with Crippen molar-refractivity contribution in [1.82, 2.24) is 0 Å². The van der Waals surface area contributed by atoms with E-state index in [0.29, 0.717) is 36.7 Å². The number of hydrogen-bond donors (Lipinski definition) is 3. The zero-order valence-corrected chi connectivity index (χ0v) is 40.2. The number of allylic oxidation sites excluding steroid dienone is 12. The molecular formula is C50H84NO11P. The summed E-state index contributed by atoms with van der Waals surface area (Å²) in [4.78, 5) is 37.8. The number of phosphoric acid groups is 1. The Morgan fingerprint density at radius 2 is 1.32 bits per heavy atom. The van der Waals surface area contributed by atoms with Gasteiger partial charge in [-0.25, -0.2) is 0 Å². The number of unbranched alkanes of at least 4 members (excludes halogenated alkanes) is 5. The Balaban J connectivity index is 2.50. The van der Waals surface area contributed by atoms with Gasteiger partial charge in [-0.2, -0.15) is 0 Å². The van der Waals surface area contributed by atoms with E-state index in [-0.39, 0.29) is 37.9 Å². The highest BCUT2D eigenvalue weighted by Gasteiger charge is 2.39. The Bertz CT molecular complexity index is 1460. The zero-order valence-electron chi connectivity index (χ0n) is 39.3. The maximum Gasteiger partial charge on any atom is 0.306 e. The van der Waals surface area contributed by atoms with Crippen LogP contribution in [-0.2, 0) is 32.7 Å². The molecule has 0 aliphatic heterocycles. The molecule has 3 N–H and O–H groups in total. The third-order valence-corrected chi connectivity index (χ3v) is 11.5. The lowest BCUT2D eigenvalue weighted by Crippen LogP contribution is -2.37. The van der Waals surface area contributed by atoms with E-state index >= 15 is 0 Å². The van der Waals surface area contributed by atoms with Crippen LogP contribution in [0.4, 0.5) is 0 Å². The van der Waals surface area contributed by atoms with E-state index in [4.69, 9.17) is 18.5 Å². The van der Waals surface area contributed by atoms with Crippen molar-refractivity contribution in [2.45, 2.75) is 160 Å². The van der Waals surface area contributed by atoms with E-state index in [1.54, 1.807) is 6.08 Å². The standard InChI is InChI=1S/C50H84NO11P/c1-6-8-10-11-12-13-14-15-16-17-18-19-20-21-22-23-24-25-31-35-50(56)62-44(42-61-63(57,58)60-39-38-51(3,4)5)41-59-49(55)34-30-27-26-29-33-45-46(48(54)40-47(45)53)37-36-43(52)32-28-9-7-2/h8,10,12-13,15-16,18-19,21-22,24-25,36-37,43-48,52-54H,6-7,9,11,14,17,20,23,26-35,38-42H2,1-5H3/b10-8-,13-12-,16-15-,19-18-,22-21-,25-24-,37-36+/t43-,44+,45+,46+,47-,48+/m0/s1. The largest absolute Gasteiger partial charge is 0.756 e. The number of rotatable bonds is 37. The van der Waals surface area contributed by atoms with Gasteiger partial charge in [-0.3, -0.25) is 14.2 Å². The first kappa shape index (κ1) is 58.1. The summed E-state index contributed by atoms with van der Waals surface area (Å²) in [7, 11) is 0.987. The summed E-state index contributed by atoms with van der Waals surface area (Å²) in [6.45, 7) is 3.67. The summed E-state index contributed by atoms with van der Waals surface area (Å²) in [5.41, 5.74) is 0. The van der Waals surface area contributed by atoms with Gasteiger partial charge in [0.05, 0.1) is 46.1 Å². The first-order valence-corrected chi connectivity index (χ1v) is 25.0. The lowest BCUT2D eigenvalue weighted by atomic mass is 9.88. The van der Waals surface area contributed by atoms with E-state index < -0.39 is 50.8 Å². The molecule has 0 bridgehead atoms. The third-order valence-electron chi connectivity index (χ3n) is 10.5. The van der Waals surface area contributed by atoms with Crippen molar-refractivity contribution < 1.29 is 57.4 Å². The van der Waals surface area contributed by atoms with E-state index in [1.165, 1.54) is 0 Å². The van der Waals surface area contributed by atoms with Gasteiger partial charge >= 0.3 is 11.9 Å². The number of aliphatic hydroxyl groups excluding tert-OH is 3. The van der Waals surface area contributed by atoms with Crippen molar-refractivity contribution in [2.75, 3.05) is 47.5 Å². The molecule has 360 valence electrons. The summed E-state index contributed by atoms with van der Waals surface area (Å²) in [6.07, 6.45) is 39.8. The van der Waals surface area contributed by atoms with Gasteiger partial charge in [-0.1, -0.05) is 137 Å². The molecule has 63 heavy (non-hydrogen) atoms. The molecule has 1 fully saturated rings. The lowest BCUT2D eigenvalue weighted by Gasteiger charge is -2.28. The Kier molecular flexibility index (Phi) is 33.5. The number of carbonyl (C=O) groups is 2.